The van der Waals surface area contributed by atoms with Crippen LogP contribution in [0.15, 0.2) is 47.8 Å². The summed E-state index contributed by atoms with van der Waals surface area (Å²) in [6.45, 7) is 6.22. The van der Waals surface area contributed by atoms with Gasteiger partial charge in [0, 0.05) is 25.5 Å². The van der Waals surface area contributed by atoms with Crippen molar-refractivity contribution in [1.82, 2.24) is 36.1 Å². The van der Waals surface area contributed by atoms with Crippen molar-refractivity contribution in [3.8, 4) is 0 Å². The van der Waals surface area contributed by atoms with Crippen LogP contribution in [0.1, 0.15) is 64.5 Å². The molecule has 6 amide bonds. The number of halogens is 1. The van der Waals surface area contributed by atoms with Gasteiger partial charge >= 0.3 is 0 Å². The van der Waals surface area contributed by atoms with Crippen LogP contribution in [0.2, 0.25) is 4.34 Å². The highest BCUT2D eigenvalue weighted by atomic mass is 35.5. The Balaban J connectivity index is 1.68. The molecule has 3 heterocycles. The van der Waals surface area contributed by atoms with Crippen molar-refractivity contribution in [3.05, 3.63) is 73.3 Å². The fraction of sp³-hybridized carbons (Fsp3) is 0.424. The zero-order valence-electron chi connectivity index (χ0n) is 27.8. The molecule has 2 aromatic heterocycles. The summed E-state index contributed by atoms with van der Waals surface area (Å²) in [5, 5.41) is 12.9. The molecule has 2 bridgehead atoms. The molecule has 0 spiro atoms. The second-order valence-electron chi connectivity index (χ2n) is 12.1. The number of amides is 6. The second-order valence-corrected chi connectivity index (χ2v) is 14.7. The molecular formula is C33H40ClN7O6S2. The van der Waals surface area contributed by atoms with Crippen LogP contribution in [-0.4, -0.2) is 95.0 Å². The molecule has 1 aromatic carbocycles. The molecule has 4 N–H and O–H groups in total. The number of likely N-dealkylation sites (N-methyl/N-ethyl adjacent to an activating group) is 1. The lowest BCUT2D eigenvalue weighted by Gasteiger charge is -2.29. The van der Waals surface area contributed by atoms with Crippen molar-refractivity contribution >= 4 is 69.7 Å². The minimum atomic E-state index is -1.02. The lowest BCUT2D eigenvalue weighted by atomic mass is 10.0. The topological polar surface area (TPSA) is 170 Å². The SMILES string of the molecule is CC(C)[C@@H]1NC(=O)[C@H](C)NC(=O)c2csc(n2)[C@H](Cc2ccccc2)NC(=O)CN(C(=O)c2ccc(Cl)s2)CCN(C)C(=O)[C@@H](C)NC1=O. The number of carbonyl (C=O) groups is 6. The third kappa shape index (κ3) is 10.1. The van der Waals surface area contributed by atoms with E-state index in [1.54, 1.807) is 31.4 Å². The predicted molar refractivity (Wildman–Crippen MR) is 187 cm³/mol. The van der Waals surface area contributed by atoms with Crippen molar-refractivity contribution in [1.29, 1.82) is 0 Å². The Morgan fingerprint density at radius 1 is 0.939 bits per heavy atom. The van der Waals surface area contributed by atoms with Gasteiger partial charge in [-0.25, -0.2) is 4.98 Å². The number of nitrogens with zero attached hydrogens (tertiary/aromatic N) is 3. The van der Waals surface area contributed by atoms with Gasteiger partial charge in [0.05, 0.1) is 21.8 Å². The smallest absolute Gasteiger partial charge is 0.271 e. The van der Waals surface area contributed by atoms with Crippen molar-refractivity contribution < 1.29 is 28.8 Å². The van der Waals surface area contributed by atoms with E-state index in [2.05, 4.69) is 26.3 Å². The zero-order valence-corrected chi connectivity index (χ0v) is 30.2. The van der Waals surface area contributed by atoms with Crippen LogP contribution in [0.4, 0.5) is 0 Å². The average molecular weight is 730 g/mol. The highest BCUT2D eigenvalue weighted by molar-refractivity contribution is 7.18. The van der Waals surface area contributed by atoms with E-state index >= 15 is 0 Å². The molecule has 1 aliphatic heterocycles. The molecule has 0 aliphatic carbocycles. The number of aromatic nitrogens is 1. The van der Waals surface area contributed by atoms with E-state index < -0.39 is 59.6 Å². The lowest BCUT2D eigenvalue weighted by Crippen LogP contribution is -2.57. The Labute approximate surface area is 297 Å². The molecule has 0 unspecified atom stereocenters. The Kier molecular flexibility index (Phi) is 12.9. The minimum absolute atomic E-state index is 0.00182. The number of nitrogens with one attached hydrogen (secondary N) is 4. The molecule has 1 aliphatic rings. The number of hydrogen-bond donors (Lipinski definition) is 4. The van der Waals surface area contributed by atoms with E-state index in [1.807, 2.05) is 30.3 Å². The predicted octanol–water partition coefficient (Wildman–Crippen LogP) is 2.64. The first-order valence-corrected chi connectivity index (χ1v) is 17.8. The van der Waals surface area contributed by atoms with Crippen molar-refractivity contribution in [3.63, 3.8) is 0 Å². The van der Waals surface area contributed by atoms with Gasteiger partial charge in [0.1, 0.15) is 28.8 Å². The Hall–Kier alpha value is -4.34. The van der Waals surface area contributed by atoms with Gasteiger partial charge in [0.15, 0.2) is 0 Å². The third-order valence-corrected chi connectivity index (χ3v) is 10.1. The molecule has 0 fully saturated rings. The second kappa shape index (κ2) is 16.9. The highest BCUT2D eigenvalue weighted by Gasteiger charge is 2.31. The summed E-state index contributed by atoms with van der Waals surface area (Å²) in [7, 11) is 1.53. The first kappa shape index (κ1) is 37.5. The number of thiophene rings is 1. The molecule has 16 heteroatoms. The maximum atomic E-state index is 13.6. The number of rotatable bonds is 4. The van der Waals surface area contributed by atoms with Crippen LogP contribution in [0, 0.1) is 5.92 Å². The maximum absolute atomic E-state index is 13.6. The largest absolute Gasteiger partial charge is 0.345 e. The van der Waals surface area contributed by atoms with Crippen LogP contribution in [-0.2, 0) is 25.6 Å². The summed E-state index contributed by atoms with van der Waals surface area (Å²) < 4.78 is 0.408. The maximum Gasteiger partial charge on any atom is 0.271 e. The minimum Gasteiger partial charge on any atom is -0.345 e. The first-order valence-electron chi connectivity index (χ1n) is 15.7. The van der Waals surface area contributed by atoms with Gasteiger partial charge < -0.3 is 31.1 Å². The first-order chi connectivity index (χ1) is 23.2. The normalized spacial score (nSPS) is 22.1. The molecule has 4 atom stereocenters. The number of benzene rings is 1. The van der Waals surface area contributed by atoms with E-state index in [1.165, 1.54) is 42.0 Å². The molecule has 4 rings (SSSR count). The highest BCUT2D eigenvalue weighted by Crippen LogP contribution is 2.24. The average Bonchev–Trinajstić information content (AvgIpc) is 3.74. The van der Waals surface area contributed by atoms with E-state index in [0.29, 0.717) is 20.6 Å². The van der Waals surface area contributed by atoms with E-state index in [-0.39, 0.29) is 31.2 Å². The number of thiazole rings is 1. The fourth-order valence-corrected chi connectivity index (χ4v) is 6.94. The summed E-state index contributed by atoms with van der Waals surface area (Å²) in [6.07, 6.45) is 0.348. The quantitative estimate of drug-likeness (QED) is 0.320. The summed E-state index contributed by atoms with van der Waals surface area (Å²) in [4.78, 5) is 87.5. The molecule has 49 heavy (non-hydrogen) atoms. The Bertz CT molecular complexity index is 1680. The molecule has 0 saturated heterocycles. The van der Waals surface area contributed by atoms with Gasteiger partial charge in [-0.2, -0.15) is 0 Å². The standard InChI is InChI=1S/C33H40ClN7O6S2/c1-18(2)27-30(45)36-20(4)32(46)40(5)13-14-41(33(47)24-11-12-25(34)49-24)16-26(42)37-22(15-21-9-7-6-8-10-21)31-38-23(17-48-31)29(44)35-19(3)28(43)39-27/h6-12,17-20,22,27H,13-16H2,1-5H3,(H,35,44)(H,36,45)(H,37,42)(H,39,43)/t19-,20+,22-,27-/m0/s1. The number of carbonyl (C=O) groups excluding carboxylic acids is 6. The van der Waals surface area contributed by atoms with E-state index in [9.17, 15) is 28.8 Å². The number of hydrogen-bond acceptors (Lipinski definition) is 9. The van der Waals surface area contributed by atoms with Crippen LogP contribution >= 0.6 is 34.3 Å². The van der Waals surface area contributed by atoms with E-state index in [0.717, 1.165) is 16.9 Å². The van der Waals surface area contributed by atoms with Crippen LogP contribution < -0.4 is 21.3 Å². The van der Waals surface area contributed by atoms with Gasteiger partial charge in [-0.05, 0) is 43.9 Å². The lowest BCUT2D eigenvalue weighted by molar-refractivity contribution is -0.136. The van der Waals surface area contributed by atoms with Crippen molar-refractivity contribution in [2.24, 2.45) is 5.92 Å². The Morgan fingerprint density at radius 2 is 1.65 bits per heavy atom. The fourth-order valence-electron chi connectivity index (χ4n) is 5.08. The van der Waals surface area contributed by atoms with Gasteiger partial charge in [-0.15, -0.1) is 22.7 Å². The summed E-state index contributed by atoms with van der Waals surface area (Å²) in [5.41, 5.74) is 0.959. The summed E-state index contributed by atoms with van der Waals surface area (Å²) >= 11 is 8.35. The number of fused-ring (bicyclic) bond motifs is 2. The van der Waals surface area contributed by atoms with Gasteiger partial charge in [0.2, 0.25) is 23.6 Å². The molecule has 3 aromatic rings. The van der Waals surface area contributed by atoms with Gasteiger partial charge in [-0.1, -0.05) is 55.8 Å². The Morgan fingerprint density at radius 3 is 2.31 bits per heavy atom. The summed E-state index contributed by atoms with van der Waals surface area (Å²) in [6, 6.07) is 8.96. The molecule has 13 nitrogen and oxygen atoms in total. The molecule has 0 radical (unpaired) electrons. The van der Waals surface area contributed by atoms with Crippen molar-refractivity contribution in [2.45, 2.75) is 58.3 Å². The van der Waals surface area contributed by atoms with Gasteiger partial charge in [-0.3, -0.25) is 28.8 Å². The zero-order chi connectivity index (χ0) is 35.8. The summed E-state index contributed by atoms with van der Waals surface area (Å²) in [5.74, 6) is -3.48. The van der Waals surface area contributed by atoms with Crippen molar-refractivity contribution in [2.75, 3.05) is 26.7 Å². The monoisotopic (exact) mass is 729 g/mol. The van der Waals surface area contributed by atoms with E-state index in [4.69, 9.17) is 11.6 Å². The van der Waals surface area contributed by atoms with Crippen LogP contribution in [0.5, 0.6) is 0 Å². The third-order valence-electron chi connectivity index (χ3n) is 7.87. The molecule has 0 saturated carbocycles. The van der Waals surface area contributed by atoms with Crippen LogP contribution in [0.3, 0.4) is 0 Å². The molecular weight excluding hydrogens is 690 g/mol. The van der Waals surface area contributed by atoms with Gasteiger partial charge in [0.25, 0.3) is 11.8 Å². The molecule has 262 valence electrons. The van der Waals surface area contributed by atoms with Crippen LogP contribution in [0.25, 0.3) is 0 Å².